The fraction of sp³-hybridized carbons (Fsp3) is 0.300. The zero-order valence-electron chi connectivity index (χ0n) is 14.7. The van der Waals surface area contributed by atoms with Crippen LogP contribution >= 0.6 is 0 Å². The first kappa shape index (κ1) is 17.9. The molecule has 1 aliphatic heterocycles. The number of hydrogen-bond donors (Lipinski definition) is 1. The molecule has 1 aliphatic rings. The normalized spacial score (nSPS) is 16.0. The maximum Gasteiger partial charge on any atom is 0.241 e. The minimum Gasteiger partial charge on any atom is -0.369 e. The molecule has 0 aliphatic carbocycles. The molecule has 0 saturated carbocycles. The van der Waals surface area contributed by atoms with E-state index in [9.17, 15) is 9.18 Å². The predicted molar refractivity (Wildman–Crippen MR) is 99.4 cm³/mol. The zero-order valence-corrected chi connectivity index (χ0v) is 14.7. The van der Waals surface area contributed by atoms with Crippen LogP contribution in [0.1, 0.15) is 12.5 Å². The van der Waals surface area contributed by atoms with E-state index in [0.717, 1.165) is 31.9 Å². The van der Waals surface area contributed by atoms with Crippen molar-refractivity contribution in [3.8, 4) is 6.07 Å². The standard InChI is InChI=1S/C20H21FN4O/c1-15(20(26)23-18-4-2-3-16(13-18)14-22)24-9-11-25(12-10-24)19-7-5-17(21)6-8-19/h2-8,13,15H,9-12H2,1H3,(H,23,26)/t15-/m1/s1. The van der Waals surface area contributed by atoms with E-state index in [1.165, 1.54) is 12.1 Å². The summed E-state index contributed by atoms with van der Waals surface area (Å²) in [5.41, 5.74) is 2.14. The van der Waals surface area contributed by atoms with Gasteiger partial charge in [0, 0.05) is 37.6 Å². The van der Waals surface area contributed by atoms with Crippen molar-refractivity contribution in [1.82, 2.24) is 4.90 Å². The van der Waals surface area contributed by atoms with Gasteiger partial charge in [-0.2, -0.15) is 5.26 Å². The monoisotopic (exact) mass is 352 g/mol. The highest BCUT2D eigenvalue weighted by molar-refractivity contribution is 5.94. The van der Waals surface area contributed by atoms with Crippen LogP contribution in [0.5, 0.6) is 0 Å². The van der Waals surface area contributed by atoms with Crippen molar-refractivity contribution in [2.45, 2.75) is 13.0 Å². The molecule has 1 fully saturated rings. The SMILES string of the molecule is C[C@H](C(=O)Nc1cccc(C#N)c1)N1CCN(c2ccc(F)cc2)CC1. The van der Waals surface area contributed by atoms with Crippen molar-refractivity contribution in [2.24, 2.45) is 0 Å². The number of anilines is 2. The van der Waals surface area contributed by atoms with Crippen LogP contribution in [-0.2, 0) is 4.79 Å². The molecule has 0 unspecified atom stereocenters. The number of piperazine rings is 1. The van der Waals surface area contributed by atoms with Gasteiger partial charge >= 0.3 is 0 Å². The average molecular weight is 352 g/mol. The van der Waals surface area contributed by atoms with Crippen molar-refractivity contribution in [3.05, 3.63) is 59.9 Å². The summed E-state index contributed by atoms with van der Waals surface area (Å²) in [6, 6.07) is 15.2. The van der Waals surface area contributed by atoms with E-state index >= 15 is 0 Å². The summed E-state index contributed by atoms with van der Waals surface area (Å²) in [6.45, 7) is 4.96. The van der Waals surface area contributed by atoms with Gasteiger partial charge in [0.1, 0.15) is 5.82 Å². The second-order valence-corrected chi connectivity index (χ2v) is 6.36. The topological polar surface area (TPSA) is 59.4 Å². The third kappa shape index (κ3) is 4.19. The molecule has 0 spiro atoms. The fourth-order valence-corrected chi connectivity index (χ4v) is 3.10. The Labute approximate surface area is 152 Å². The number of nitrogens with one attached hydrogen (secondary N) is 1. The summed E-state index contributed by atoms with van der Waals surface area (Å²) < 4.78 is 13.0. The van der Waals surface area contributed by atoms with Gasteiger partial charge < -0.3 is 10.2 Å². The molecule has 3 rings (SSSR count). The number of carbonyl (C=O) groups excluding carboxylic acids is 1. The van der Waals surface area contributed by atoms with Crippen LogP contribution in [0.15, 0.2) is 48.5 Å². The van der Waals surface area contributed by atoms with Crippen LogP contribution in [-0.4, -0.2) is 43.0 Å². The van der Waals surface area contributed by atoms with E-state index in [0.29, 0.717) is 11.3 Å². The summed E-state index contributed by atoms with van der Waals surface area (Å²) in [6.07, 6.45) is 0. The Balaban J connectivity index is 1.55. The molecule has 1 amide bonds. The first-order valence-corrected chi connectivity index (χ1v) is 8.62. The number of halogens is 1. The highest BCUT2D eigenvalue weighted by Crippen LogP contribution is 2.18. The van der Waals surface area contributed by atoms with Gasteiger partial charge in [-0.15, -0.1) is 0 Å². The third-order valence-electron chi connectivity index (χ3n) is 4.69. The lowest BCUT2D eigenvalue weighted by Gasteiger charge is -2.38. The predicted octanol–water partition coefficient (Wildman–Crippen LogP) is 2.85. The van der Waals surface area contributed by atoms with Gasteiger partial charge in [-0.3, -0.25) is 9.69 Å². The molecule has 1 saturated heterocycles. The summed E-state index contributed by atoms with van der Waals surface area (Å²) >= 11 is 0. The molecule has 2 aromatic rings. The van der Waals surface area contributed by atoms with Crippen LogP contribution in [0, 0.1) is 17.1 Å². The molecule has 5 nitrogen and oxygen atoms in total. The fourth-order valence-electron chi connectivity index (χ4n) is 3.10. The molecule has 1 atom stereocenters. The van der Waals surface area contributed by atoms with Gasteiger partial charge in [0.15, 0.2) is 0 Å². The minimum absolute atomic E-state index is 0.0877. The second kappa shape index (κ2) is 7.98. The summed E-state index contributed by atoms with van der Waals surface area (Å²) in [5, 5.41) is 11.8. The van der Waals surface area contributed by atoms with Crippen LogP contribution in [0.4, 0.5) is 15.8 Å². The third-order valence-corrected chi connectivity index (χ3v) is 4.69. The lowest BCUT2D eigenvalue weighted by Crippen LogP contribution is -2.52. The molecule has 6 heteroatoms. The van der Waals surface area contributed by atoms with E-state index in [4.69, 9.17) is 5.26 Å². The lowest BCUT2D eigenvalue weighted by atomic mass is 10.1. The summed E-state index contributed by atoms with van der Waals surface area (Å²) in [4.78, 5) is 16.8. The Morgan fingerprint density at radius 3 is 2.50 bits per heavy atom. The Morgan fingerprint density at radius 1 is 1.15 bits per heavy atom. The molecule has 26 heavy (non-hydrogen) atoms. The van der Waals surface area contributed by atoms with Crippen LogP contribution in [0.2, 0.25) is 0 Å². The highest BCUT2D eigenvalue weighted by atomic mass is 19.1. The largest absolute Gasteiger partial charge is 0.369 e. The van der Waals surface area contributed by atoms with E-state index in [2.05, 4.69) is 21.2 Å². The minimum atomic E-state index is -0.267. The second-order valence-electron chi connectivity index (χ2n) is 6.36. The first-order valence-electron chi connectivity index (χ1n) is 8.62. The summed E-state index contributed by atoms with van der Waals surface area (Å²) in [7, 11) is 0. The number of carbonyl (C=O) groups is 1. The van der Waals surface area contributed by atoms with E-state index in [1.54, 1.807) is 36.4 Å². The zero-order chi connectivity index (χ0) is 18.5. The molecular weight excluding hydrogens is 331 g/mol. The molecule has 0 radical (unpaired) electrons. The Morgan fingerprint density at radius 2 is 1.85 bits per heavy atom. The highest BCUT2D eigenvalue weighted by Gasteiger charge is 2.25. The Bertz CT molecular complexity index is 807. The summed E-state index contributed by atoms with van der Waals surface area (Å²) in [5.74, 6) is -0.325. The Hall–Kier alpha value is -2.91. The molecular formula is C20H21FN4O. The molecule has 1 N–H and O–H groups in total. The van der Waals surface area contributed by atoms with Crippen LogP contribution < -0.4 is 10.2 Å². The maximum atomic E-state index is 13.0. The maximum absolute atomic E-state index is 13.0. The van der Waals surface area contributed by atoms with Crippen LogP contribution in [0.25, 0.3) is 0 Å². The smallest absolute Gasteiger partial charge is 0.241 e. The quantitative estimate of drug-likeness (QED) is 0.919. The van der Waals surface area contributed by atoms with Crippen molar-refractivity contribution in [1.29, 1.82) is 5.26 Å². The number of benzene rings is 2. The van der Waals surface area contributed by atoms with Gasteiger partial charge in [-0.05, 0) is 49.4 Å². The van der Waals surface area contributed by atoms with Gasteiger partial charge in [-0.25, -0.2) is 4.39 Å². The molecule has 2 aromatic carbocycles. The van der Waals surface area contributed by atoms with E-state index < -0.39 is 0 Å². The van der Waals surface area contributed by atoms with Gasteiger partial charge in [0.05, 0.1) is 17.7 Å². The van der Waals surface area contributed by atoms with Gasteiger partial charge in [0.2, 0.25) is 5.91 Å². The molecule has 1 heterocycles. The Kier molecular flexibility index (Phi) is 5.49. The molecule has 134 valence electrons. The van der Waals surface area contributed by atoms with Crippen molar-refractivity contribution >= 4 is 17.3 Å². The van der Waals surface area contributed by atoms with Crippen molar-refractivity contribution in [2.75, 3.05) is 36.4 Å². The van der Waals surface area contributed by atoms with Gasteiger partial charge in [-0.1, -0.05) is 6.07 Å². The van der Waals surface area contributed by atoms with Crippen molar-refractivity contribution in [3.63, 3.8) is 0 Å². The number of hydrogen-bond acceptors (Lipinski definition) is 4. The lowest BCUT2D eigenvalue weighted by molar-refractivity contribution is -0.120. The number of nitrogens with zero attached hydrogens (tertiary/aromatic N) is 3. The van der Waals surface area contributed by atoms with Crippen LogP contribution in [0.3, 0.4) is 0 Å². The van der Waals surface area contributed by atoms with Gasteiger partial charge in [0.25, 0.3) is 0 Å². The molecule has 0 bridgehead atoms. The van der Waals surface area contributed by atoms with Crippen molar-refractivity contribution < 1.29 is 9.18 Å². The first-order chi connectivity index (χ1) is 12.6. The number of rotatable bonds is 4. The number of nitriles is 1. The number of amides is 1. The van der Waals surface area contributed by atoms with E-state index in [1.807, 2.05) is 6.92 Å². The van der Waals surface area contributed by atoms with E-state index in [-0.39, 0.29) is 17.8 Å². The average Bonchev–Trinajstić information content (AvgIpc) is 2.68. The molecule has 0 aromatic heterocycles.